The number of amides is 2. The molecular formula is C32H31F3N4O4. The summed E-state index contributed by atoms with van der Waals surface area (Å²) < 4.78 is 50.1. The van der Waals surface area contributed by atoms with Gasteiger partial charge in [0, 0.05) is 38.2 Å². The quantitative estimate of drug-likeness (QED) is 0.373. The lowest BCUT2D eigenvalue weighted by atomic mass is 9.92. The van der Waals surface area contributed by atoms with Gasteiger partial charge in [0.05, 0.1) is 28.9 Å². The molecule has 2 heterocycles. The number of halogens is 3. The molecule has 0 atom stereocenters. The standard InChI is InChI=1S/C32H31F3N4O4/c33-32(34,35)23-4-10-26(11-5-23)43-28-15-17-39(18-16-28)31(41)22-3-14-29(37-20-22)30(40)38-24-6-12-27(13-7-24)42-25-8-1-21(19-36)2-9-25/h1-5,8-11,14,20,24,27-28H,6-7,12-13,15-18H2,(H,38,40)/t24-,27+. The molecule has 2 amide bonds. The van der Waals surface area contributed by atoms with Crippen LogP contribution in [-0.4, -0.2) is 53.0 Å². The summed E-state index contributed by atoms with van der Waals surface area (Å²) in [5.74, 6) is 0.589. The van der Waals surface area contributed by atoms with Crippen LogP contribution in [0.2, 0.25) is 0 Å². The first-order valence-corrected chi connectivity index (χ1v) is 14.2. The van der Waals surface area contributed by atoms with Crippen LogP contribution in [-0.2, 0) is 6.18 Å². The fourth-order valence-electron chi connectivity index (χ4n) is 5.31. The van der Waals surface area contributed by atoms with Crippen LogP contribution >= 0.6 is 0 Å². The highest BCUT2D eigenvalue weighted by Crippen LogP contribution is 2.31. The number of hydrogen-bond acceptors (Lipinski definition) is 6. The zero-order valence-electron chi connectivity index (χ0n) is 23.3. The van der Waals surface area contributed by atoms with Gasteiger partial charge in [-0.3, -0.25) is 14.6 Å². The minimum atomic E-state index is -4.40. The van der Waals surface area contributed by atoms with Gasteiger partial charge in [0.1, 0.15) is 23.3 Å². The van der Waals surface area contributed by atoms with Crippen molar-refractivity contribution in [3.8, 4) is 17.6 Å². The Morgan fingerprint density at radius 1 is 0.837 bits per heavy atom. The largest absolute Gasteiger partial charge is 0.490 e. The molecule has 0 spiro atoms. The number of carbonyl (C=O) groups excluding carboxylic acids is 2. The Kier molecular flexibility index (Phi) is 9.14. The van der Waals surface area contributed by atoms with Gasteiger partial charge in [-0.15, -0.1) is 0 Å². The summed E-state index contributed by atoms with van der Waals surface area (Å²) in [6.07, 6.45) is 1.05. The molecule has 43 heavy (non-hydrogen) atoms. The second-order valence-corrected chi connectivity index (χ2v) is 10.8. The fraction of sp³-hybridized carbons (Fsp3) is 0.375. The minimum Gasteiger partial charge on any atom is -0.490 e. The highest BCUT2D eigenvalue weighted by Gasteiger charge is 2.31. The summed E-state index contributed by atoms with van der Waals surface area (Å²) in [6.45, 7) is 0.869. The fourth-order valence-corrected chi connectivity index (χ4v) is 5.31. The lowest BCUT2D eigenvalue weighted by Gasteiger charge is -2.32. The molecule has 11 heteroatoms. The number of benzene rings is 2. The van der Waals surface area contributed by atoms with Crippen molar-refractivity contribution in [2.75, 3.05) is 13.1 Å². The van der Waals surface area contributed by atoms with E-state index >= 15 is 0 Å². The molecule has 1 aliphatic heterocycles. The van der Waals surface area contributed by atoms with Crippen LogP contribution in [0.25, 0.3) is 0 Å². The van der Waals surface area contributed by atoms with Gasteiger partial charge in [0.15, 0.2) is 0 Å². The molecule has 2 aromatic carbocycles. The summed E-state index contributed by atoms with van der Waals surface area (Å²) in [6, 6.07) is 16.8. The summed E-state index contributed by atoms with van der Waals surface area (Å²) in [4.78, 5) is 31.7. The second kappa shape index (κ2) is 13.2. The number of nitrogens with one attached hydrogen (secondary N) is 1. The number of nitriles is 1. The Labute approximate surface area is 247 Å². The van der Waals surface area contributed by atoms with E-state index in [4.69, 9.17) is 14.7 Å². The monoisotopic (exact) mass is 592 g/mol. The van der Waals surface area contributed by atoms with Crippen molar-refractivity contribution in [3.63, 3.8) is 0 Å². The number of carbonyl (C=O) groups is 2. The third-order valence-electron chi connectivity index (χ3n) is 7.75. The number of ether oxygens (including phenoxy) is 2. The van der Waals surface area contributed by atoms with Crippen molar-refractivity contribution in [1.82, 2.24) is 15.2 Å². The highest BCUT2D eigenvalue weighted by atomic mass is 19.4. The molecule has 2 fully saturated rings. The summed E-state index contributed by atoms with van der Waals surface area (Å²) in [7, 11) is 0. The molecule has 1 aromatic heterocycles. The maximum atomic E-state index is 13.0. The zero-order valence-corrected chi connectivity index (χ0v) is 23.3. The lowest BCUT2D eigenvalue weighted by Crippen LogP contribution is -2.42. The first-order chi connectivity index (χ1) is 20.7. The third kappa shape index (κ3) is 7.83. The number of aromatic nitrogens is 1. The van der Waals surface area contributed by atoms with Crippen molar-refractivity contribution < 1.29 is 32.2 Å². The zero-order chi connectivity index (χ0) is 30.4. The predicted octanol–water partition coefficient (Wildman–Crippen LogP) is 5.78. The Hall–Kier alpha value is -4.59. The molecular weight excluding hydrogens is 561 g/mol. The van der Waals surface area contributed by atoms with Crippen molar-refractivity contribution in [1.29, 1.82) is 5.26 Å². The smallest absolute Gasteiger partial charge is 0.416 e. The van der Waals surface area contributed by atoms with Gasteiger partial charge in [0.25, 0.3) is 11.8 Å². The van der Waals surface area contributed by atoms with Gasteiger partial charge >= 0.3 is 6.18 Å². The molecule has 1 saturated carbocycles. The van der Waals surface area contributed by atoms with Crippen LogP contribution in [0.1, 0.15) is 70.5 Å². The van der Waals surface area contributed by atoms with Gasteiger partial charge < -0.3 is 19.7 Å². The number of likely N-dealkylation sites (tertiary alicyclic amines) is 1. The van der Waals surface area contributed by atoms with Crippen molar-refractivity contribution >= 4 is 11.8 Å². The first kappa shape index (κ1) is 29.9. The van der Waals surface area contributed by atoms with E-state index in [1.807, 2.05) is 0 Å². The van der Waals surface area contributed by atoms with E-state index in [0.29, 0.717) is 42.8 Å². The van der Waals surface area contributed by atoms with E-state index < -0.39 is 11.7 Å². The molecule has 0 bridgehead atoms. The maximum absolute atomic E-state index is 13.0. The SMILES string of the molecule is N#Cc1ccc(O[C@H]2CC[C@@H](NC(=O)c3ccc(C(=O)N4CCC(Oc5ccc(C(F)(F)F)cc5)CC4)cn3)CC2)cc1. The Morgan fingerprint density at radius 3 is 1.95 bits per heavy atom. The van der Waals surface area contributed by atoms with E-state index in [0.717, 1.165) is 43.6 Å². The molecule has 0 unspecified atom stereocenters. The average molecular weight is 593 g/mol. The van der Waals surface area contributed by atoms with Gasteiger partial charge in [-0.1, -0.05) is 0 Å². The van der Waals surface area contributed by atoms with Crippen molar-refractivity contribution in [3.05, 3.63) is 89.2 Å². The molecule has 5 rings (SSSR count). The van der Waals surface area contributed by atoms with E-state index in [1.54, 1.807) is 41.3 Å². The molecule has 1 aliphatic carbocycles. The van der Waals surface area contributed by atoms with Crippen LogP contribution in [0.3, 0.4) is 0 Å². The van der Waals surface area contributed by atoms with Crippen LogP contribution in [0.4, 0.5) is 13.2 Å². The maximum Gasteiger partial charge on any atom is 0.416 e. The summed E-state index contributed by atoms with van der Waals surface area (Å²) in [5.41, 5.74) is 0.458. The van der Waals surface area contributed by atoms with Gasteiger partial charge in [0.2, 0.25) is 0 Å². The minimum absolute atomic E-state index is 0.00233. The van der Waals surface area contributed by atoms with Crippen LogP contribution in [0, 0.1) is 11.3 Å². The molecule has 8 nitrogen and oxygen atoms in total. The summed E-state index contributed by atoms with van der Waals surface area (Å²) in [5, 5.41) is 11.9. The van der Waals surface area contributed by atoms with E-state index in [2.05, 4.69) is 16.4 Å². The van der Waals surface area contributed by atoms with Crippen molar-refractivity contribution in [2.24, 2.45) is 0 Å². The van der Waals surface area contributed by atoms with Gasteiger partial charge in [-0.05, 0) is 86.3 Å². The molecule has 2 aliphatic rings. The van der Waals surface area contributed by atoms with Gasteiger partial charge in [-0.25, -0.2) is 0 Å². The van der Waals surface area contributed by atoms with E-state index in [-0.39, 0.29) is 35.8 Å². The number of hydrogen-bond donors (Lipinski definition) is 1. The van der Waals surface area contributed by atoms with Gasteiger partial charge in [-0.2, -0.15) is 18.4 Å². The molecule has 224 valence electrons. The Bertz CT molecular complexity index is 1440. The second-order valence-electron chi connectivity index (χ2n) is 10.8. The number of piperidine rings is 1. The topological polar surface area (TPSA) is 105 Å². The van der Waals surface area contributed by atoms with Crippen LogP contribution in [0.5, 0.6) is 11.5 Å². The van der Waals surface area contributed by atoms with Crippen molar-refractivity contribution in [2.45, 2.75) is 63.0 Å². The van der Waals surface area contributed by atoms with Crippen LogP contribution < -0.4 is 14.8 Å². The summed E-state index contributed by atoms with van der Waals surface area (Å²) >= 11 is 0. The van der Waals surface area contributed by atoms with Crippen LogP contribution in [0.15, 0.2) is 66.9 Å². The number of rotatable bonds is 7. The molecule has 1 N–H and O–H groups in total. The first-order valence-electron chi connectivity index (χ1n) is 14.2. The molecule has 1 saturated heterocycles. The number of nitrogens with zero attached hydrogens (tertiary/aromatic N) is 3. The third-order valence-corrected chi connectivity index (χ3v) is 7.75. The molecule has 0 radical (unpaired) electrons. The predicted molar refractivity (Wildman–Crippen MR) is 151 cm³/mol. The Balaban J connectivity index is 1.04. The number of pyridine rings is 1. The van der Waals surface area contributed by atoms with E-state index in [1.165, 1.54) is 18.3 Å². The Morgan fingerprint density at radius 2 is 1.42 bits per heavy atom. The normalized spacial score (nSPS) is 19.3. The lowest BCUT2D eigenvalue weighted by molar-refractivity contribution is -0.137. The highest BCUT2D eigenvalue weighted by molar-refractivity contribution is 5.96. The molecule has 3 aromatic rings. The number of alkyl halides is 3. The average Bonchev–Trinajstić information content (AvgIpc) is 3.02. The van der Waals surface area contributed by atoms with E-state index in [9.17, 15) is 22.8 Å².